The van der Waals surface area contributed by atoms with Crippen LogP contribution in [0.1, 0.15) is 51.1 Å². The van der Waals surface area contributed by atoms with Crippen molar-refractivity contribution in [3.8, 4) is 5.75 Å². The molecule has 3 unspecified atom stereocenters. The van der Waals surface area contributed by atoms with Crippen molar-refractivity contribution in [2.45, 2.75) is 45.6 Å². The number of phenols is 1. The minimum absolute atomic E-state index is 0.277. The topological polar surface area (TPSA) is 32.3 Å². The fourth-order valence-electron chi connectivity index (χ4n) is 3.08. The summed E-state index contributed by atoms with van der Waals surface area (Å²) in [6.07, 6.45) is 5.12. The molecule has 0 bridgehead atoms. The van der Waals surface area contributed by atoms with Crippen LogP contribution in [0.15, 0.2) is 24.3 Å². The highest BCUT2D eigenvalue weighted by atomic mass is 16.3. The minimum atomic E-state index is 0.277. The maximum absolute atomic E-state index is 9.92. The summed E-state index contributed by atoms with van der Waals surface area (Å²) < 4.78 is 0. The molecule has 1 aliphatic rings. The molecular weight excluding hydrogens is 222 g/mol. The standard InChI is InChI=1S/C16H25NO/c1-3-15(14-9-4-5-10-16(14)18)17-11-13-8-6-7-12(13)2/h4-5,9-10,12-13,15,17-18H,3,6-8,11H2,1-2H3. The number of hydrogen-bond donors (Lipinski definition) is 2. The second-order valence-corrected chi connectivity index (χ2v) is 5.60. The van der Waals surface area contributed by atoms with Crippen molar-refractivity contribution in [3.63, 3.8) is 0 Å². The van der Waals surface area contributed by atoms with E-state index in [4.69, 9.17) is 0 Å². The molecule has 2 N–H and O–H groups in total. The number of nitrogens with one attached hydrogen (secondary N) is 1. The quantitative estimate of drug-likeness (QED) is 0.828. The van der Waals surface area contributed by atoms with Gasteiger partial charge in [-0.25, -0.2) is 0 Å². The zero-order chi connectivity index (χ0) is 13.0. The van der Waals surface area contributed by atoms with Gasteiger partial charge in [-0.05, 0) is 37.3 Å². The van der Waals surface area contributed by atoms with Crippen LogP contribution in [0.3, 0.4) is 0 Å². The summed E-state index contributed by atoms with van der Waals surface area (Å²) in [7, 11) is 0. The summed E-state index contributed by atoms with van der Waals surface area (Å²) in [5.74, 6) is 2.07. The molecule has 2 heteroatoms. The third-order valence-corrected chi connectivity index (χ3v) is 4.39. The van der Waals surface area contributed by atoms with Crippen LogP contribution in [0.4, 0.5) is 0 Å². The zero-order valence-electron chi connectivity index (χ0n) is 11.5. The lowest BCUT2D eigenvalue weighted by molar-refractivity contribution is 0.359. The number of aromatic hydroxyl groups is 1. The van der Waals surface area contributed by atoms with Gasteiger partial charge >= 0.3 is 0 Å². The Kier molecular flexibility index (Phi) is 4.65. The van der Waals surface area contributed by atoms with E-state index in [0.29, 0.717) is 5.75 Å². The molecule has 0 aromatic heterocycles. The minimum Gasteiger partial charge on any atom is -0.508 e. The van der Waals surface area contributed by atoms with Crippen LogP contribution in [0, 0.1) is 11.8 Å². The molecule has 18 heavy (non-hydrogen) atoms. The van der Waals surface area contributed by atoms with E-state index >= 15 is 0 Å². The maximum atomic E-state index is 9.92. The van der Waals surface area contributed by atoms with Crippen LogP contribution in [0.25, 0.3) is 0 Å². The average Bonchev–Trinajstić information content (AvgIpc) is 2.78. The summed E-state index contributed by atoms with van der Waals surface area (Å²) in [5.41, 5.74) is 1.03. The Morgan fingerprint density at radius 2 is 2.11 bits per heavy atom. The highest BCUT2D eigenvalue weighted by Gasteiger charge is 2.24. The van der Waals surface area contributed by atoms with E-state index in [-0.39, 0.29) is 6.04 Å². The van der Waals surface area contributed by atoms with Gasteiger partial charge in [-0.3, -0.25) is 0 Å². The zero-order valence-corrected chi connectivity index (χ0v) is 11.5. The number of hydrogen-bond acceptors (Lipinski definition) is 2. The van der Waals surface area contributed by atoms with Crippen LogP contribution in [-0.2, 0) is 0 Å². The molecule has 0 amide bonds. The highest BCUT2D eigenvalue weighted by molar-refractivity contribution is 5.34. The molecule has 100 valence electrons. The highest BCUT2D eigenvalue weighted by Crippen LogP contribution is 2.32. The summed E-state index contributed by atoms with van der Waals surface area (Å²) in [6, 6.07) is 7.95. The third-order valence-electron chi connectivity index (χ3n) is 4.39. The van der Waals surface area contributed by atoms with Gasteiger partial charge in [-0.15, -0.1) is 0 Å². The Bertz CT molecular complexity index is 377. The molecule has 0 spiro atoms. The molecule has 1 saturated carbocycles. The normalized spacial score (nSPS) is 25.2. The van der Waals surface area contributed by atoms with E-state index in [0.717, 1.165) is 30.4 Å². The molecule has 2 nitrogen and oxygen atoms in total. The van der Waals surface area contributed by atoms with Gasteiger partial charge < -0.3 is 10.4 Å². The Balaban J connectivity index is 1.95. The molecule has 0 saturated heterocycles. The SMILES string of the molecule is CCC(NCC1CCCC1C)c1ccccc1O. The number of benzene rings is 1. The van der Waals surface area contributed by atoms with Gasteiger partial charge in [-0.1, -0.05) is 44.9 Å². The number of rotatable bonds is 5. The Morgan fingerprint density at radius 3 is 2.72 bits per heavy atom. The van der Waals surface area contributed by atoms with Gasteiger partial charge in [0.25, 0.3) is 0 Å². The predicted octanol–water partition coefficient (Wildman–Crippen LogP) is 3.87. The van der Waals surface area contributed by atoms with E-state index in [2.05, 4.69) is 19.2 Å². The first-order chi connectivity index (χ1) is 8.72. The summed E-state index contributed by atoms with van der Waals surface area (Å²) >= 11 is 0. The summed E-state index contributed by atoms with van der Waals surface area (Å²) in [5, 5.41) is 13.6. The van der Waals surface area contributed by atoms with Gasteiger partial charge in [0.05, 0.1) is 0 Å². The second kappa shape index (κ2) is 6.24. The maximum Gasteiger partial charge on any atom is 0.120 e. The summed E-state index contributed by atoms with van der Waals surface area (Å²) in [4.78, 5) is 0. The smallest absolute Gasteiger partial charge is 0.120 e. The first-order valence-corrected chi connectivity index (χ1v) is 7.23. The van der Waals surface area contributed by atoms with E-state index in [9.17, 15) is 5.11 Å². The Hall–Kier alpha value is -1.02. The molecule has 0 aliphatic heterocycles. The van der Waals surface area contributed by atoms with Crippen molar-refractivity contribution in [2.24, 2.45) is 11.8 Å². The van der Waals surface area contributed by atoms with Gasteiger partial charge in [-0.2, -0.15) is 0 Å². The van der Waals surface area contributed by atoms with Crippen LogP contribution < -0.4 is 5.32 Å². The lowest BCUT2D eigenvalue weighted by Gasteiger charge is -2.22. The molecule has 1 aliphatic carbocycles. The van der Waals surface area contributed by atoms with Crippen molar-refractivity contribution < 1.29 is 5.11 Å². The largest absolute Gasteiger partial charge is 0.508 e. The fraction of sp³-hybridized carbons (Fsp3) is 0.625. The molecule has 0 radical (unpaired) electrons. The lowest BCUT2D eigenvalue weighted by atomic mass is 9.96. The second-order valence-electron chi connectivity index (χ2n) is 5.60. The number of para-hydroxylation sites is 1. The molecule has 0 heterocycles. The fourth-order valence-corrected chi connectivity index (χ4v) is 3.08. The third kappa shape index (κ3) is 3.05. The monoisotopic (exact) mass is 247 g/mol. The van der Waals surface area contributed by atoms with Crippen LogP contribution in [0.2, 0.25) is 0 Å². The van der Waals surface area contributed by atoms with Gasteiger partial charge in [0.1, 0.15) is 5.75 Å². The molecule has 1 fully saturated rings. The van der Waals surface area contributed by atoms with Gasteiger partial charge in [0.2, 0.25) is 0 Å². The predicted molar refractivity (Wildman–Crippen MR) is 75.6 cm³/mol. The van der Waals surface area contributed by atoms with E-state index in [1.54, 1.807) is 6.07 Å². The lowest BCUT2D eigenvalue weighted by Crippen LogP contribution is -2.28. The molecule has 1 aromatic carbocycles. The number of phenolic OH excluding ortho intramolecular Hbond substituents is 1. The average molecular weight is 247 g/mol. The van der Waals surface area contributed by atoms with Crippen molar-refractivity contribution >= 4 is 0 Å². The van der Waals surface area contributed by atoms with Crippen LogP contribution in [0.5, 0.6) is 5.75 Å². The van der Waals surface area contributed by atoms with E-state index in [1.165, 1.54) is 19.3 Å². The van der Waals surface area contributed by atoms with Crippen molar-refractivity contribution in [1.82, 2.24) is 5.32 Å². The Morgan fingerprint density at radius 1 is 1.33 bits per heavy atom. The van der Waals surface area contributed by atoms with Crippen LogP contribution >= 0.6 is 0 Å². The molecule has 3 atom stereocenters. The molecule has 1 aromatic rings. The van der Waals surface area contributed by atoms with Gasteiger partial charge in [0.15, 0.2) is 0 Å². The van der Waals surface area contributed by atoms with E-state index in [1.807, 2.05) is 18.2 Å². The first-order valence-electron chi connectivity index (χ1n) is 7.23. The Labute approximate surface area is 110 Å². The van der Waals surface area contributed by atoms with Crippen molar-refractivity contribution in [2.75, 3.05) is 6.54 Å². The molecular formula is C16H25NO. The summed E-state index contributed by atoms with van der Waals surface area (Å²) in [6.45, 7) is 5.61. The van der Waals surface area contributed by atoms with Gasteiger partial charge in [0, 0.05) is 11.6 Å². The van der Waals surface area contributed by atoms with E-state index < -0.39 is 0 Å². The van der Waals surface area contributed by atoms with Crippen LogP contribution in [-0.4, -0.2) is 11.7 Å². The van der Waals surface area contributed by atoms with Crippen molar-refractivity contribution in [3.05, 3.63) is 29.8 Å². The van der Waals surface area contributed by atoms with Crippen molar-refractivity contribution in [1.29, 1.82) is 0 Å². The molecule has 2 rings (SSSR count). The first kappa shape index (κ1) is 13.4.